The van der Waals surface area contributed by atoms with Gasteiger partial charge in [-0.3, -0.25) is 0 Å². The first-order chi connectivity index (χ1) is 2.91. The summed E-state index contributed by atoms with van der Waals surface area (Å²) < 4.78 is 0. The topological polar surface area (TPSA) is 47.6 Å². The zero-order chi connectivity index (χ0) is 4.83. The summed E-state index contributed by atoms with van der Waals surface area (Å²) in [6.45, 7) is 0. The van der Waals surface area contributed by atoms with Crippen LogP contribution in [0.15, 0.2) is 6.08 Å². The predicted octanol–water partition coefficient (Wildman–Crippen LogP) is 0.393. The standard InChI is InChI=1S/C4HN2/c5-3-1-2-4-6/h1H. The minimum absolute atomic E-state index is 1.00. The molecule has 0 aromatic carbocycles. The fraction of sp³-hybridized carbons (Fsp3) is 0. The Kier molecular flexibility index (Phi) is 2.93. The van der Waals surface area contributed by atoms with E-state index in [1.54, 1.807) is 12.1 Å². The van der Waals surface area contributed by atoms with E-state index < -0.39 is 0 Å². The minimum Gasteiger partial charge on any atom is -0.193 e. The lowest BCUT2D eigenvalue weighted by molar-refractivity contribution is 1.50. The summed E-state index contributed by atoms with van der Waals surface area (Å²) in [6.07, 6.45) is 3.02. The van der Waals surface area contributed by atoms with Crippen LogP contribution in [-0.4, -0.2) is 0 Å². The Morgan fingerprint density at radius 3 is 2.17 bits per heavy atom. The quantitative estimate of drug-likeness (QED) is 0.393. The lowest BCUT2D eigenvalue weighted by Gasteiger charge is -1.44. The minimum atomic E-state index is 1.00. The van der Waals surface area contributed by atoms with Crippen LogP contribution in [0.5, 0.6) is 0 Å². The molecule has 0 saturated carbocycles. The maximum atomic E-state index is 7.68. The number of hydrogen-bond donors (Lipinski definition) is 0. The molecule has 0 aliphatic carbocycles. The summed E-state index contributed by atoms with van der Waals surface area (Å²) in [5.41, 5.74) is 0. The Morgan fingerprint density at radius 2 is 2.00 bits per heavy atom. The van der Waals surface area contributed by atoms with E-state index >= 15 is 0 Å². The van der Waals surface area contributed by atoms with Gasteiger partial charge in [0, 0.05) is 6.08 Å². The Bertz CT molecular complexity index is 105. The van der Waals surface area contributed by atoms with Crippen molar-refractivity contribution in [2.24, 2.45) is 0 Å². The maximum absolute atomic E-state index is 7.68. The molecule has 1 radical (unpaired) electrons. The maximum Gasteiger partial charge on any atom is 0.101 e. The highest BCUT2D eigenvalue weighted by Gasteiger charge is 1.56. The molecule has 2 nitrogen and oxygen atoms in total. The van der Waals surface area contributed by atoms with E-state index in [1.165, 1.54) is 0 Å². The average Bonchev–Trinajstić information content (AvgIpc) is 1.61. The molecule has 0 aliphatic rings. The van der Waals surface area contributed by atoms with Crippen LogP contribution in [-0.2, 0) is 0 Å². The smallest absolute Gasteiger partial charge is 0.101 e. The number of nitriles is 2. The number of nitrogens with zero attached hydrogens (tertiary/aromatic N) is 2. The summed E-state index contributed by atoms with van der Waals surface area (Å²) in [7, 11) is 0. The summed E-state index contributed by atoms with van der Waals surface area (Å²) >= 11 is 0. The van der Waals surface area contributed by atoms with Crippen LogP contribution < -0.4 is 0 Å². The molecule has 0 rings (SSSR count). The summed E-state index contributed by atoms with van der Waals surface area (Å²) in [5.74, 6) is 0. The van der Waals surface area contributed by atoms with E-state index in [2.05, 4.69) is 0 Å². The van der Waals surface area contributed by atoms with Crippen molar-refractivity contribution in [1.82, 2.24) is 0 Å². The van der Waals surface area contributed by atoms with Crippen molar-refractivity contribution in [2.45, 2.75) is 0 Å². The highest BCUT2D eigenvalue weighted by molar-refractivity contribution is 5.05. The van der Waals surface area contributed by atoms with Gasteiger partial charge in [-0.15, -0.1) is 0 Å². The molecular weight excluding hydrogens is 76.1 g/mol. The lowest BCUT2D eigenvalue weighted by Crippen LogP contribution is -1.43. The molecule has 2 heteroatoms. The lowest BCUT2D eigenvalue weighted by atomic mass is 10.6. The normalized spacial score (nSPS) is 7.00. The van der Waals surface area contributed by atoms with E-state index in [0.717, 1.165) is 6.08 Å². The second kappa shape index (κ2) is 3.72. The van der Waals surface area contributed by atoms with Crippen molar-refractivity contribution in [3.63, 3.8) is 0 Å². The van der Waals surface area contributed by atoms with Crippen molar-refractivity contribution in [1.29, 1.82) is 10.5 Å². The van der Waals surface area contributed by atoms with Gasteiger partial charge in [-0.2, -0.15) is 10.5 Å². The van der Waals surface area contributed by atoms with E-state index in [9.17, 15) is 0 Å². The first-order valence-corrected chi connectivity index (χ1v) is 1.27. The average molecular weight is 77.1 g/mol. The van der Waals surface area contributed by atoms with Crippen LogP contribution in [0.2, 0.25) is 0 Å². The third-order valence-corrected chi connectivity index (χ3v) is 0.201. The van der Waals surface area contributed by atoms with Crippen LogP contribution in [0.4, 0.5) is 0 Å². The van der Waals surface area contributed by atoms with Gasteiger partial charge < -0.3 is 0 Å². The number of hydrogen-bond acceptors (Lipinski definition) is 2. The van der Waals surface area contributed by atoms with Crippen LogP contribution in [0.25, 0.3) is 0 Å². The number of allylic oxidation sites excluding steroid dienone is 2. The largest absolute Gasteiger partial charge is 0.193 e. The summed E-state index contributed by atoms with van der Waals surface area (Å²) in [4.78, 5) is 0. The van der Waals surface area contributed by atoms with Gasteiger partial charge in [-0.05, 0) is 0 Å². The van der Waals surface area contributed by atoms with Gasteiger partial charge in [0.05, 0.1) is 12.1 Å². The van der Waals surface area contributed by atoms with Gasteiger partial charge in [0.25, 0.3) is 0 Å². The molecule has 0 heterocycles. The molecule has 0 spiro atoms. The molecule has 0 aromatic rings. The molecule has 0 aromatic heterocycles. The van der Waals surface area contributed by atoms with Crippen molar-refractivity contribution in [2.75, 3.05) is 0 Å². The molecule has 0 aliphatic heterocycles. The Labute approximate surface area is 35.9 Å². The molecule has 0 unspecified atom stereocenters. The summed E-state index contributed by atoms with van der Waals surface area (Å²) in [5, 5.41) is 15.3. The predicted molar refractivity (Wildman–Crippen MR) is 19.0 cm³/mol. The molecule has 0 fully saturated rings. The second-order valence-corrected chi connectivity index (χ2v) is 0.530. The van der Waals surface area contributed by atoms with E-state index in [1.807, 2.05) is 6.08 Å². The van der Waals surface area contributed by atoms with Gasteiger partial charge in [-0.1, -0.05) is 0 Å². The molecule has 0 bridgehead atoms. The van der Waals surface area contributed by atoms with Gasteiger partial charge in [0.15, 0.2) is 0 Å². The highest BCUT2D eigenvalue weighted by Crippen LogP contribution is 1.57. The molecule has 0 saturated heterocycles. The monoisotopic (exact) mass is 77.0 g/mol. The molecule has 6 heavy (non-hydrogen) atoms. The Balaban J connectivity index is 3.36. The molecule has 27 valence electrons. The molecule has 0 amide bonds. The molecule has 0 atom stereocenters. The fourth-order valence-corrected chi connectivity index (χ4v) is 0.0645. The zero-order valence-corrected chi connectivity index (χ0v) is 2.97. The van der Waals surface area contributed by atoms with Gasteiger partial charge in [0.1, 0.15) is 6.07 Å². The van der Waals surface area contributed by atoms with Gasteiger partial charge in [-0.25, -0.2) is 0 Å². The first-order valence-electron chi connectivity index (χ1n) is 1.27. The highest BCUT2D eigenvalue weighted by atomic mass is 14.2. The number of rotatable bonds is 0. The van der Waals surface area contributed by atoms with Crippen molar-refractivity contribution in [3.05, 3.63) is 12.2 Å². The third kappa shape index (κ3) is 2.72. The van der Waals surface area contributed by atoms with Crippen LogP contribution >= 0.6 is 0 Å². The van der Waals surface area contributed by atoms with Crippen molar-refractivity contribution in [3.8, 4) is 12.1 Å². The SMILES string of the molecule is N#C[C]=CC#N. The van der Waals surface area contributed by atoms with E-state index in [-0.39, 0.29) is 0 Å². The van der Waals surface area contributed by atoms with Crippen molar-refractivity contribution < 1.29 is 0 Å². The Hall–Kier alpha value is -1.28. The third-order valence-electron chi connectivity index (χ3n) is 0.201. The summed E-state index contributed by atoms with van der Waals surface area (Å²) in [6, 6.07) is 3.15. The first kappa shape index (κ1) is 4.72. The Morgan fingerprint density at radius 1 is 1.33 bits per heavy atom. The zero-order valence-electron chi connectivity index (χ0n) is 2.97. The molecular formula is C4HN2. The van der Waals surface area contributed by atoms with Crippen LogP contribution in [0.1, 0.15) is 0 Å². The fourth-order valence-electron chi connectivity index (χ4n) is 0.0645. The van der Waals surface area contributed by atoms with E-state index in [0.29, 0.717) is 0 Å². The van der Waals surface area contributed by atoms with Crippen molar-refractivity contribution >= 4 is 0 Å². The second-order valence-electron chi connectivity index (χ2n) is 0.530. The van der Waals surface area contributed by atoms with E-state index in [4.69, 9.17) is 10.5 Å². The van der Waals surface area contributed by atoms with Crippen LogP contribution in [0.3, 0.4) is 0 Å². The van der Waals surface area contributed by atoms with Gasteiger partial charge in [0.2, 0.25) is 0 Å². The van der Waals surface area contributed by atoms with Crippen LogP contribution in [0, 0.1) is 28.7 Å². The van der Waals surface area contributed by atoms with Gasteiger partial charge >= 0.3 is 0 Å². The molecule has 0 N–H and O–H groups in total.